The second kappa shape index (κ2) is 7.45. The standard InChI is InChI=1S/C8H6O4.2Na.2H/c9-7(10)5-3-1-2-4-6(5)8(11)12;;;;/h1-4H,(H,9,10)(H,11,12);;;;/p+1. The van der Waals surface area contributed by atoms with Gasteiger partial charge in [-0.2, -0.15) is 0 Å². The Balaban J connectivity index is -0.000000480. The van der Waals surface area contributed by atoms with Crippen molar-refractivity contribution in [3.05, 3.63) is 35.4 Å². The third-order valence-electron chi connectivity index (χ3n) is 1.39. The van der Waals surface area contributed by atoms with Gasteiger partial charge in [-0.15, -0.1) is 0 Å². The van der Waals surface area contributed by atoms with Crippen molar-refractivity contribution in [3.63, 3.8) is 0 Å². The molecule has 0 aromatic heterocycles. The van der Waals surface area contributed by atoms with Crippen LogP contribution < -0.4 is 0 Å². The van der Waals surface area contributed by atoms with Gasteiger partial charge in [-0.3, -0.25) is 0 Å². The van der Waals surface area contributed by atoms with Gasteiger partial charge in [-0.1, -0.05) is 12.1 Å². The van der Waals surface area contributed by atoms with Gasteiger partial charge in [0, 0.05) is 0 Å². The second-order valence-corrected chi connectivity index (χ2v) is 2.16. The first kappa shape index (κ1) is 16.6. The summed E-state index contributed by atoms with van der Waals surface area (Å²) in [6.45, 7) is 0. The molecule has 0 bridgehead atoms. The van der Waals surface area contributed by atoms with Crippen LogP contribution in [0.2, 0.25) is 0 Å². The zero-order valence-corrected chi connectivity index (χ0v) is 6.02. The first-order valence-electron chi connectivity index (χ1n) is 3.18. The molecule has 0 fully saturated rings. The van der Waals surface area contributed by atoms with E-state index in [9.17, 15) is 9.59 Å². The number of carboxylic acids is 2. The quantitative estimate of drug-likeness (QED) is 0.675. The van der Waals surface area contributed by atoms with E-state index < -0.39 is 11.9 Å². The minimum atomic E-state index is -1.23. The first-order valence-corrected chi connectivity index (χ1v) is 3.18. The minimum absolute atomic E-state index is 0. The summed E-state index contributed by atoms with van der Waals surface area (Å²) in [5, 5.41) is 17.1. The third-order valence-corrected chi connectivity index (χ3v) is 1.39. The molecule has 0 unspecified atom stereocenters. The molecule has 14 heavy (non-hydrogen) atoms. The number of carboxylic acid groups (broad SMARTS) is 2. The van der Waals surface area contributed by atoms with Crippen molar-refractivity contribution in [2.75, 3.05) is 0 Å². The zero-order valence-electron chi connectivity index (χ0n) is 7.02. The Bertz CT molecular complexity index is 310. The van der Waals surface area contributed by atoms with Crippen LogP contribution in [-0.4, -0.2) is 81.3 Å². The molecule has 1 aromatic carbocycles. The van der Waals surface area contributed by atoms with Crippen LogP contribution in [0, 0.1) is 0 Å². The Kier molecular flexibility index (Phi) is 8.83. The molecule has 4 nitrogen and oxygen atoms in total. The van der Waals surface area contributed by atoms with Crippen molar-refractivity contribution in [2.45, 2.75) is 0 Å². The van der Waals surface area contributed by atoms with Gasteiger partial charge in [0.05, 0.1) is 11.1 Å². The van der Waals surface area contributed by atoms with Crippen molar-refractivity contribution in [3.8, 4) is 0 Å². The molecule has 0 atom stereocenters. The van der Waals surface area contributed by atoms with Crippen LogP contribution in [0.25, 0.3) is 0 Å². The van der Waals surface area contributed by atoms with Gasteiger partial charge < -0.3 is 10.2 Å². The average molecular weight is 215 g/mol. The summed E-state index contributed by atoms with van der Waals surface area (Å²) in [5.41, 5.74) is -0.380. The summed E-state index contributed by atoms with van der Waals surface area (Å²) < 4.78 is 0. The number of carbonyl (C=O) groups is 2. The number of benzene rings is 1. The molecule has 0 aliphatic heterocycles. The molecule has 0 heterocycles. The van der Waals surface area contributed by atoms with Crippen LogP contribution in [-0.2, 0) is 0 Å². The maximum atomic E-state index is 10.5. The van der Waals surface area contributed by atoms with Crippen LogP contribution in [0.15, 0.2) is 24.3 Å². The van der Waals surface area contributed by atoms with E-state index in [-0.39, 0.29) is 71.7 Å². The van der Waals surface area contributed by atoms with E-state index in [1.165, 1.54) is 24.3 Å². The van der Waals surface area contributed by atoms with E-state index in [1.54, 1.807) is 0 Å². The Morgan fingerprint density at radius 2 is 1.21 bits per heavy atom. The molecule has 2 N–H and O–H groups in total. The summed E-state index contributed by atoms with van der Waals surface area (Å²) in [5.74, 6) is -2.46. The Hall–Kier alpha value is 0.160. The summed E-state index contributed by atoms with van der Waals surface area (Å²) in [4.78, 5) is 20.9. The molecule has 1 aromatic rings. The molecule has 0 saturated carbocycles. The number of hydrogen-bond acceptors (Lipinski definition) is 2. The van der Waals surface area contributed by atoms with Crippen LogP contribution in [0.1, 0.15) is 22.1 Å². The van der Waals surface area contributed by atoms with Crippen molar-refractivity contribution >= 4 is 71.1 Å². The SMILES string of the molecule is O=C(O)c1ccccc1C(=O)O.[H+].[NaH].[NaH]. The van der Waals surface area contributed by atoms with Gasteiger partial charge in [0.25, 0.3) is 0 Å². The average Bonchev–Trinajstić information content (AvgIpc) is 2.04. The summed E-state index contributed by atoms with van der Waals surface area (Å²) >= 11 is 0. The zero-order chi connectivity index (χ0) is 9.14. The topological polar surface area (TPSA) is 74.6 Å². The van der Waals surface area contributed by atoms with Gasteiger partial charge in [-0.05, 0) is 12.1 Å². The molecule has 66 valence electrons. The fourth-order valence-corrected chi connectivity index (χ4v) is 0.856. The summed E-state index contributed by atoms with van der Waals surface area (Å²) in [6, 6.07) is 5.48. The predicted molar refractivity (Wildman–Crippen MR) is 55.8 cm³/mol. The molecule has 0 aliphatic rings. The van der Waals surface area contributed by atoms with E-state index in [0.29, 0.717) is 0 Å². The Morgan fingerprint density at radius 1 is 0.929 bits per heavy atom. The van der Waals surface area contributed by atoms with Crippen molar-refractivity contribution in [2.24, 2.45) is 0 Å². The van der Waals surface area contributed by atoms with Crippen LogP contribution in [0.3, 0.4) is 0 Å². The van der Waals surface area contributed by atoms with E-state index in [0.717, 1.165) is 0 Å². The molecule has 1 rings (SSSR count). The fourth-order valence-electron chi connectivity index (χ4n) is 0.856. The molecule has 0 saturated heterocycles. The van der Waals surface area contributed by atoms with E-state index in [2.05, 4.69) is 0 Å². The van der Waals surface area contributed by atoms with E-state index in [1.807, 2.05) is 0 Å². The molecule has 0 aliphatic carbocycles. The monoisotopic (exact) mass is 215 g/mol. The Morgan fingerprint density at radius 3 is 1.43 bits per heavy atom. The van der Waals surface area contributed by atoms with Gasteiger partial charge in [-0.25, -0.2) is 9.59 Å². The van der Waals surface area contributed by atoms with Gasteiger partial charge in [0.1, 0.15) is 0 Å². The van der Waals surface area contributed by atoms with Gasteiger partial charge in [0.15, 0.2) is 0 Å². The maximum absolute atomic E-state index is 10.5. The number of aromatic carboxylic acids is 2. The van der Waals surface area contributed by atoms with Crippen molar-refractivity contribution in [1.82, 2.24) is 0 Å². The summed E-state index contributed by atoms with van der Waals surface area (Å²) in [7, 11) is 0. The molecule has 0 spiro atoms. The third kappa shape index (κ3) is 4.13. The second-order valence-electron chi connectivity index (χ2n) is 2.16. The number of hydrogen-bond donors (Lipinski definition) is 2. The van der Waals surface area contributed by atoms with Gasteiger partial charge >= 0.3 is 72.5 Å². The van der Waals surface area contributed by atoms with Crippen molar-refractivity contribution in [1.29, 1.82) is 0 Å². The summed E-state index contributed by atoms with van der Waals surface area (Å²) in [6.07, 6.45) is 0. The normalized spacial score (nSPS) is 8.00. The van der Waals surface area contributed by atoms with E-state index in [4.69, 9.17) is 10.2 Å². The first-order chi connectivity index (χ1) is 5.63. The van der Waals surface area contributed by atoms with Crippen molar-refractivity contribution < 1.29 is 21.2 Å². The Labute approximate surface area is 126 Å². The molecular formula is C8H9Na2O4+. The van der Waals surface area contributed by atoms with Crippen LogP contribution >= 0.6 is 0 Å². The van der Waals surface area contributed by atoms with Gasteiger partial charge in [0.2, 0.25) is 0 Å². The van der Waals surface area contributed by atoms with Crippen LogP contribution in [0.4, 0.5) is 0 Å². The predicted octanol–water partition coefficient (Wildman–Crippen LogP) is -0.102. The van der Waals surface area contributed by atoms with E-state index >= 15 is 0 Å². The number of rotatable bonds is 2. The van der Waals surface area contributed by atoms with Crippen LogP contribution in [0.5, 0.6) is 0 Å². The molecular weight excluding hydrogens is 206 g/mol. The fraction of sp³-hybridized carbons (Fsp3) is 0. The molecule has 0 radical (unpaired) electrons. The molecule has 0 amide bonds. The molecule has 6 heteroatoms.